The molecular formula is C65H125NO8. The van der Waals surface area contributed by atoms with E-state index in [1.807, 2.05) is 6.08 Å². The number of nitrogens with one attached hydrogen (secondary N) is 1. The van der Waals surface area contributed by atoms with Crippen LogP contribution >= 0.6 is 0 Å². The minimum Gasteiger partial charge on any atom is -0.394 e. The van der Waals surface area contributed by atoms with Crippen molar-refractivity contribution in [3.05, 3.63) is 24.3 Å². The van der Waals surface area contributed by atoms with Crippen LogP contribution in [0, 0.1) is 0 Å². The molecule has 6 N–H and O–H groups in total. The molecule has 1 rings (SSSR count). The summed E-state index contributed by atoms with van der Waals surface area (Å²) in [5.74, 6) is -0.171. The highest BCUT2D eigenvalue weighted by Gasteiger charge is 2.44. The van der Waals surface area contributed by atoms with Gasteiger partial charge in [-0.25, -0.2) is 0 Å². The number of aliphatic hydroxyl groups excluding tert-OH is 5. The molecule has 1 heterocycles. The number of ether oxygens (including phenoxy) is 2. The Morgan fingerprint density at radius 1 is 0.446 bits per heavy atom. The van der Waals surface area contributed by atoms with Gasteiger partial charge in [-0.3, -0.25) is 4.79 Å². The van der Waals surface area contributed by atoms with E-state index in [2.05, 4.69) is 31.3 Å². The third kappa shape index (κ3) is 43.6. The molecule has 0 bridgehead atoms. The van der Waals surface area contributed by atoms with Crippen molar-refractivity contribution in [1.82, 2.24) is 5.32 Å². The Kier molecular flexibility index (Phi) is 52.5. The number of allylic oxidation sites excluding steroid dienone is 3. The molecule has 74 heavy (non-hydrogen) atoms. The Balaban J connectivity index is 2.15. The minimum atomic E-state index is -1.57. The third-order valence-corrected chi connectivity index (χ3v) is 15.8. The molecule has 0 aromatic heterocycles. The van der Waals surface area contributed by atoms with Gasteiger partial charge in [-0.15, -0.1) is 0 Å². The van der Waals surface area contributed by atoms with E-state index in [0.717, 1.165) is 38.5 Å². The number of hydrogen-bond acceptors (Lipinski definition) is 8. The predicted molar refractivity (Wildman–Crippen MR) is 314 cm³/mol. The van der Waals surface area contributed by atoms with E-state index in [4.69, 9.17) is 9.47 Å². The molecule has 9 nitrogen and oxygen atoms in total. The van der Waals surface area contributed by atoms with Crippen molar-refractivity contribution in [2.45, 2.75) is 371 Å². The first-order chi connectivity index (χ1) is 36.3. The number of hydrogen-bond donors (Lipinski definition) is 6. The molecular weight excluding hydrogens is 923 g/mol. The average molecular weight is 1050 g/mol. The van der Waals surface area contributed by atoms with E-state index in [-0.39, 0.29) is 12.5 Å². The standard InChI is InChI=1S/C65H125NO8/c1-3-5-7-9-11-13-15-17-19-21-23-25-26-27-28-29-30-31-32-33-35-37-39-41-43-45-47-49-51-53-55-61(69)66-58(57-73-65-64(72)63(71)62(70)60(56-67)74-65)59(68)54-52-50-48-46-44-42-40-38-36-34-24-22-20-18-16-14-12-10-8-6-4-2/h27-28,52,54,58-60,62-65,67-68,70-72H,3-26,29-51,53,55-57H2,1-2H3,(H,66,69)/b28-27-,54-52+. The van der Waals surface area contributed by atoms with Crippen LogP contribution in [0.4, 0.5) is 0 Å². The summed E-state index contributed by atoms with van der Waals surface area (Å²) in [4.78, 5) is 13.1. The molecule has 9 heteroatoms. The molecule has 1 aliphatic heterocycles. The molecule has 1 aliphatic rings. The number of aliphatic hydroxyl groups is 5. The Morgan fingerprint density at radius 3 is 1.09 bits per heavy atom. The molecule has 0 radical (unpaired) electrons. The molecule has 1 fully saturated rings. The van der Waals surface area contributed by atoms with Crippen LogP contribution in [0.5, 0.6) is 0 Å². The van der Waals surface area contributed by atoms with Crippen LogP contribution in [0.25, 0.3) is 0 Å². The summed E-state index contributed by atoms with van der Waals surface area (Å²) in [5.41, 5.74) is 0. The molecule has 438 valence electrons. The molecule has 0 aromatic carbocycles. The lowest BCUT2D eigenvalue weighted by molar-refractivity contribution is -0.302. The smallest absolute Gasteiger partial charge is 0.220 e. The number of unbranched alkanes of at least 4 members (excludes halogenated alkanes) is 45. The van der Waals surface area contributed by atoms with Crippen molar-refractivity contribution in [2.75, 3.05) is 13.2 Å². The van der Waals surface area contributed by atoms with Gasteiger partial charge in [-0.1, -0.05) is 301 Å². The van der Waals surface area contributed by atoms with E-state index >= 15 is 0 Å². The Morgan fingerprint density at radius 2 is 0.757 bits per heavy atom. The highest BCUT2D eigenvalue weighted by Crippen LogP contribution is 2.23. The van der Waals surface area contributed by atoms with E-state index < -0.39 is 49.5 Å². The maximum absolute atomic E-state index is 13.1. The van der Waals surface area contributed by atoms with E-state index in [0.29, 0.717) is 6.42 Å². The minimum absolute atomic E-state index is 0.171. The van der Waals surface area contributed by atoms with Gasteiger partial charge in [0.2, 0.25) is 5.91 Å². The highest BCUT2D eigenvalue weighted by atomic mass is 16.7. The molecule has 0 saturated carbocycles. The third-order valence-electron chi connectivity index (χ3n) is 15.8. The topological polar surface area (TPSA) is 149 Å². The van der Waals surface area contributed by atoms with Crippen LogP contribution in [0.1, 0.15) is 328 Å². The Bertz CT molecular complexity index is 1210. The molecule has 0 aliphatic carbocycles. The number of amides is 1. The van der Waals surface area contributed by atoms with Gasteiger partial charge in [0.25, 0.3) is 0 Å². The summed E-state index contributed by atoms with van der Waals surface area (Å²) in [6.45, 7) is 3.83. The fraction of sp³-hybridized carbons (Fsp3) is 0.923. The maximum atomic E-state index is 13.1. The first-order valence-electron chi connectivity index (χ1n) is 32.6. The fourth-order valence-corrected chi connectivity index (χ4v) is 10.6. The maximum Gasteiger partial charge on any atom is 0.220 e. The van der Waals surface area contributed by atoms with Gasteiger partial charge >= 0.3 is 0 Å². The van der Waals surface area contributed by atoms with Gasteiger partial charge in [0.15, 0.2) is 6.29 Å². The van der Waals surface area contributed by atoms with Crippen LogP contribution in [0.15, 0.2) is 24.3 Å². The van der Waals surface area contributed by atoms with Crippen LogP contribution in [0.2, 0.25) is 0 Å². The largest absolute Gasteiger partial charge is 0.394 e. The number of carbonyl (C=O) groups is 1. The first kappa shape index (κ1) is 70.7. The lowest BCUT2D eigenvalue weighted by Crippen LogP contribution is -2.60. The lowest BCUT2D eigenvalue weighted by Gasteiger charge is -2.40. The summed E-state index contributed by atoms with van der Waals surface area (Å²) >= 11 is 0. The highest BCUT2D eigenvalue weighted by molar-refractivity contribution is 5.76. The average Bonchev–Trinajstić information content (AvgIpc) is 3.40. The van der Waals surface area contributed by atoms with Gasteiger partial charge in [-0.05, 0) is 44.9 Å². The summed E-state index contributed by atoms with van der Waals surface area (Å²) in [6.07, 6.45) is 64.1. The van der Waals surface area contributed by atoms with Crippen molar-refractivity contribution in [3.8, 4) is 0 Å². The monoisotopic (exact) mass is 1050 g/mol. The van der Waals surface area contributed by atoms with Crippen LogP contribution < -0.4 is 5.32 Å². The molecule has 0 spiro atoms. The zero-order chi connectivity index (χ0) is 53.6. The van der Waals surface area contributed by atoms with Crippen LogP contribution in [0.3, 0.4) is 0 Å². The Hall–Kier alpha value is -1.33. The van der Waals surface area contributed by atoms with Crippen molar-refractivity contribution in [1.29, 1.82) is 0 Å². The van der Waals surface area contributed by atoms with Crippen LogP contribution in [-0.4, -0.2) is 87.5 Å². The van der Waals surface area contributed by atoms with Crippen molar-refractivity contribution in [3.63, 3.8) is 0 Å². The van der Waals surface area contributed by atoms with Gasteiger partial charge in [0.1, 0.15) is 24.4 Å². The quantitative estimate of drug-likeness (QED) is 0.0261. The second-order valence-electron chi connectivity index (χ2n) is 22.9. The van der Waals surface area contributed by atoms with Gasteiger partial charge in [0.05, 0.1) is 25.4 Å². The predicted octanol–water partition coefficient (Wildman–Crippen LogP) is 16.9. The lowest BCUT2D eigenvalue weighted by atomic mass is 9.99. The Labute approximate surface area is 458 Å². The van der Waals surface area contributed by atoms with Gasteiger partial charge in [-0.2, -0.15) is 0 Å². The number of carbonyl (C=O) groups excluding carboxylic acids is 1. The van der Waals surface area contributed by atoms with Gasteiger partial charge < -0.3 is 40.3 Å². The fourth-order valence-electron chi connectivity index (χ4n) is 10.6. The SMILES string of the molecule is CCCCCCCCCCCCCC/C=C\CCCCCCCCCCCCCCCCC(=O)NC(COC1OC(CO)C(O)C(O)C1O)C(O)/C=C/CCCCCCCCCCCCCCCCCCCCC. The van der Waals surface area contributed by atoms with Gasteiger partial charge in [0, 0.05) is 6.42 Å². The zero-order valence-electron chi connectivity index (χ0n) is 48.9. The molecule has 1 amide bonds. The van der Waals surface area contributed by atoms with E-state index in [9.17, 15) is 30.3 Å². The molecule has 0 aromatic rings. The second kappa shape index (κ2) is 55.0. The van der Waals surface area contributed by atoms with Crippen LogP contribution in [-0.2, 0) is 14.3 Å². The van der Waals surface area contributed by atoms with Crippen molar-refractivity contribution >= 4 is 5.91 Å². The molecule has 7 unspecified atom stereocenters. The number of rotatable bonds is 57. The van der Waals surface area contributed by atoms with E-state index in [1.54, 1.807) is 6.08 Å². The normalized spacial score (nSPS) is 19.0. The summed E-state index contributed by atoms with van der Waals surface area (Å²) in [7, 11) is 0. The first-order valence-corrected chi connectivity index (χ1v) is 32.6. The van der Waals surface area contributed by atoms with Crippen molar-refractivity contribution < 1.29 is 39.8 Å². The summed E-state index contributed by atoms with van der Waals surface area (Å²) in [6, 6.07) is -0.804. The second-order valence-corrected chi connectivity index (χ2v) is 22.9. The summed E-state index contributed by atoms with van der Waals surface area (Å²) < 4.78 is 11.3. The summed E-state index contributed by atoms with van der Waals surface area (Å²) in [5, 5.41) is 54.7. The van der Waals surface area contributed by atoms with E-state index in [1.165, 1.54) is 270 Å². The van der Waals surface area contributed by atoms with Crippen molar-refractivity contribution in [2.24, 2.45) is 0 Å². The zero-order valence-corrected chi connectivity index (χ0v) is 48.9. The molecule has 7 atom stereocenters. The molecule has 1 saturated heterocycles.